The smallest absolute Gasteiger partial charge is 0.335 e. The Kier molecular flexibility index (Phi) is 3.98. The highest BCUT2D eigenvalue weighted by Gasteiger charge is 2.29. The van der Waals surface area contributed by atoms with Crippen LogP contribution in [0.1, 0.15) is 0 Å². The molecule has 0 heterocycles. The van der Waals surface area contributed by atoms with Crippen LogP contribution in [0, 0.1) is 0 Å². The number of hydrogen-bond acceptors (Lipinski definition) is 4. The van der Waals surface area contributed by atoms with E-state index in [1.165, 1.54) is 0 Å². The Morgan fingerprint density at radius 2 is 1.62 bits per heavy atom. The summed E-state index contributed by atoms with van der Waals surface area (Å²) in [6.45, 7) is 0. The number of nitrogens with one attached hydrogen (secondary N) is 1. The molecule has 1 amide bonds. The predicted molar refractivity (Wildman–Crippen MR) is 54.7 cm³/mol. The van der Waals surface area contributed by atoms with Crippen LogP contribution in [0.5, 0.6) is 0 Å². The van der Waals surface area contributed by atoms with Gasteiger partial charge in [-0.05, 0) is 12.1 Å². The van der Waals surface area contributed by atoms with E-state index in [4.69, 9.17) is 10.2 Å². The highest BCUT2D eigenvalue weighted by Crippen LogP contribution is 2.06. The zero-order valence-electron chi connectivity index (χ0n) is 8.20. The summed E-state index contributed by atoms with van der Waals surface area (Å²) in [7, 11) is 0. The van der Waals surface area contributed by atoms with Gasteiger partial charge in [0, 0.05) is 5.69 Å². The van der Waals surface area contributed by atoms with Gasteiger partial charge in [-0.3, -0.25) is 4.79 Å². The number of aliphatic carboxylic acids is 1. The molecular formula is C10H11NO5. The fourth-order valence-corrected chi connectivity index (χ4v) is 1.02. The SMILES string of the molecule is O=C(O)[C@@H](O)[C@@H](O)C(=O)Nc1ccccc1. The lowest BCUT2D eigenvalue weighted by Gasteiger charge is -2.13. The van der Waals surface area contributed by atoms with E-state index in [9.17, 15) is 14.7 Å². The molecule has 0 aliphatic rings. The zero-order chi connectivity index (χ0) is 12.1. The lowest BCUT2D eigenvalue weighted by molar-refractivity contribution is -0.156. The van der Waals surface area contributed by atoms with E-state index in [-0.39, 0.29) is 0 Å². The van der Waals surface area contributed by atoms with E-state index in [1.54, 1.807) is 30.3 Å². The summed E-state index contributed by atoms with van der Waals surface area (Å²) in [5.74, 6) is -2.63. The average Bonchev–Trinajstić information content (AvgIpc) is 2.28. The largest absolute Gasteiger partial charge is 0.479 e. The highest BCUT2D eigenvalue weighted by atomic mass is 16.4. The Morgan fingerprint density at radius 3 is 2.12 bits per heavy atom. The summed E-state index contributed by atoms with van der Waals surface area (Å²) in [5, 5.41) is 28.8. The first-order valence-electron chi connectivity index (χ1n) is 4.47. The lowest BCUT2D eigenvalue weighted by Crippen LogP contribution is -2.42. The Hall–Kier alpha value is -1.92. The fourth-order valence-electron chi connectivity index (χ4n) is 1.02. The zero-order valence-corrected chi connectivity index (χ0v) is 8.20. The van der Waals surface area contributed by atoms with Gasteiger partial charge in [-0.15, -0.1) is 0 Å². The molecule has 4 N–H and O–H groups in total. The third-order valence-electron chi connectivity index (χ3n) is 1.86. The van der Waals surface area contributed by atoms with Crippen LogP contribution >= 0.6 is 0 Å². The lowest BCUT2D eigenvalue weighted by atomic mass is 10.2. The normalized spacial score (nSPS) is 13.9. The van der Waals surface area contributed by atoms with Crippen molar-refractivity contribution < 1.29 is 24.9 Å². The molecule has 86 valence electrons. The van der Waals surface area contributed by atoms with Crippen molar-refractivity contribution in [3.05, 3.63) is 30.3 Å². The van der Waals surface area contributed by atoms with Gasteiger partial charge < -0.3 is 20.6 Å². The van der Waals surface area contributed by atoms with Crippen LogP contribution in [0.15, 0.2) is 30.3 Å². The van der Waals surface area contributed by atoms with Crippen molar-refractivity contribution in [1.29, 1.82) is 0 Å². The number of rotatable bonds is 4. The fraction of sp³-hybridized carbons (Fsp3) is 0.200. The monoisotopic (exact) mass is 225 g/mol. The van der Waals surface area contributed by atoms with Crippen molar-refractivity contribution in [3.63, 3.8) is 0 Å². The highest BCUT2D eigenvalue weighted by molar-refractivity contribution is 5.97. The molecule has 0 aromatic heterocycles. The van der Waals surface area contributed by atoms with Gasteiger partial charge in [-0.25, -0.2) is 4.79 Å². The van der Waals surface area contributed by atoms with E-state index in [0.717, 1.165) is 0 Å². The molecule has 16 heavy (non-hydrogen) atoms. The number of carbonyl (C=O) groups excluding carboxylic acids is 1. The van der Waals surface area contributed by atoms with E-state index >= 15 is 0 Å². The summed E-state index contributed by atoms with van der Waals surface area (Å²) in [4.78, 5) is 21.6. The van der Waals surface area contributed by atoms with Gasteiger partial charge in [0.2, 0.25) is 0 Å². The van der Waals surface area contributed by atoms with Gasteiger partial charge in [-0.2, -0.15) is 0 Å². The summed E-state index contributed by atoms with van der Waals surface area (Å²) < 4.78 is 0. The van der Waals surface area contributed by atoms with Gasteiger partial charge in [0.15, 0.2) is 12.2 Å². The van der Waals surface area contributed by atoms with Gasteiger partial charge >= 0.3 is 5.97 Å². The number of carbonyl (C=O) groups is 2. The molecule has 0 saturated heterocycles. The molecule has 1 aromatic carbocycles. The standard InChI is InChI=1S/C10H11NO5/c12-7(8(13)10(15)16)9(14)11-6-4-2-1-3-5-6/h1-5,7-8,12-13H,(H,11,14)(H,15,16)/t7-,8+/m1/s1. The van der Waals surface area contributed by atoms with Crippen molar-refractivity contribution in [2.45, 2.75) is 12.2 Å². The molecule has 0 radical (unpaired) electrons. The molecule has 1 rings (SSSR count). The summed E-state index contributed by atoms with van der Waals surface area (Å²) >= 11 is 0. The van der Waals surface area contributed by atoms with Crippen molar-refractivity contribution in [1.82, 2.24) is 0 Å². The Morgan fingerprint density at radius 1 is 1.06 bits per heavy atom. The van der Waals surface area contributed by atoms with E-state index < -0.39 is 24.1 Å². The van der Waals surface area contributed by atoms with E-state index in [1.807, 2.05) is 0 Å². The maximum absolute atomic E-state index is 11.3. The first-order chi connectivity index (χ1) is 7.52. The molecule has 1 aromatic rings. The average molecular weight is 225 g/mol. The molecule has 0 unspecified atom stereocenters. The first-order valence-corrected chi connectivity index (χ1v) is 4.47. The first kappa shape index (κ1) is 12.2. The predicted octanol–water partition coefficient (Wildman–Crippen LogP) is -0.569. The number of para-hydroxylation sites is 1. The van der Waals surface area contributed by atoms with Crippen LogP contribution < -0.4 is 5.32 Å². The van der Waals surface area contributed by atoms with Crippen LogP contribution in [-0.2, 0) is 9.59 Å². The topological polar surface area (TPSA) is 107 Å². The molecule has 6 nitrogen and oxygen atoms in total. The summed E-state index contributed by atoms with van der Waals surface area (Å²) in [5.41, 5.74) is 0.407. The van der Waals surface area contributed by atoms with Crippen molar-refractivity contribution in [2.24, 2.45) is 0 Å². The minimum atomic E-state index is -2.14. The van der Waals surface area contributed by atoms with Gasteiger partial charge in [-0.1, -0.05) is 18.2 Å². The number of hydrogen-bond donors (Lipinski definition) is 4. The number of anilines is 1. The van der Waals surface area contributed by atoms with Gasteiger partial charge in [0.05, 0.1) is 0 Å². The second-order valence-corrected chi connectivity index (χ2v) is 3.08. The molecule has 0 saturated carbocycles. The third kappa shape index (κ3) is 3.04. The number of carboxylic acid groups (broad SMARTS) is 1. The number of aliphatic hydroxyl groups excluding tert-OH is 2. The number of amides is 1. The molecule has 2 atom stereocenters. The Bertz CT molecular complexity index is 378. The Labute approximate surface area is 91.1 Å². The van der Waals surface area contributed by atoms with Crippen LogP contribution in [0.2, 0.25) is 0 Å². The van der Waals surface area contributed by atoms with Crippen LogP contribution in [0.3, 0.4) is 0 Å². The van der Waals surface area contributed by atoms with E-state index in [0.29, 0.717) is 5.69 Å². The summed E-state index contributed by atoms with van der Waals surface area (Å²) in [6.07, 6.45) is -4.14. The second-order valence-electron chi connectivity index (χ2n) is 3.08. The Balaban J connectivity index is 2.63. The quantitative estimate of drug-likeness (QED) is 0.549. The van der Waals surface area contributed by atoms with Crippen LogP contribution in [-0.4, -0.2) is 39.4 Å². The van der Waals surface area contributed by atoms with Crippen molar-refractivity contribution >= 4 is 17.6 Å². The van der Waals surface area contributed by atoms with Crippen LogP contribution in [0.25, 0.3) is 0 Å². The maximum Gasteiger partial charge on any atom is 0.335 e. The van der Waals surface area contributed by atoms with Crippen molar-refractivity contribution in [2.75, 3.05) is 5.32 Å². The third-order valence-corrected chi connectivity index (χ3v) is 1.86. The summed E-state index contributed by atoms with van der Waals surface area (Å²) in [6, 6.07) is 8.19. The van der Waals surface area contributed by atoms with Crippen molar-refractivity contribution in [3.8, 4) is 0 Å². The van der Waals surface area contributed by atoms with Gasteiger partial charge in [0.1, 0.15) is 0 Å². The number of carboxylic acids is 1. The second kappa shape index (κ2) is 5.24. The maximum atomic E-state index is 11.3. The molecule has 0 spiro atoms. The van der Waals surface area contributed by atoms with Gasteiger partial charge in [0.25, 0.3) is 5.91 Å². The molecule has 0 aliphatic carbocycles. The molecule has 0 aliphatic heterocycles. The van der Waals surface area contributed by atoms with Crippen LogP contribution in [0.4, 0.5) is 5.69 Å². The number of benzene rings is 1. The minimum Gasteiger partial charge on any atom is -0.479 e. The molecule has 0 fully saturated rings. The molecule has 6 heteroatoms. The minimum absolute atomic E-state index is 0.407. The molecule has 0 bridgehead atoms. The molecular weight excluding hydrogens is 214 g/mol. The number of aliphatic hydroxyl groups is 2. The van der Waals surface area contributed by atoms with E-state index in [2.05, 4.69) is 5.32 Å².